The van der Waals surface area contributed by atoms with Gasteiger partial charge >= 0.3 is 5.97 Å². The van der Waals surface area contributed by atoms with Gasteiger partial charge in [-0.15, -0.1) is 0 Å². The van der Waals surface area contributed by atoms with Crippen LogP contribution >= 0.6 is 11.9 Å². The number of rotatable bonds is 9. The van der Waals surface area contributed by atoms with E-state index in [2.05, 4.69) is 23.5 Å². The van der Waals surface area contributed by atoms with Crippen molar-refractivity contribution in [3.8, 4) is 0 Å². The van der Waals surface area contributed by atoms with Crippen LogP contribution in [0.1, 0.15) is 54.6 Å². The molecule has 7 nitrogen and oxygen atoms in total. The molecule has 4 rings (SSSR count). The average Bonchev–Trinajstić information content (AvgIpc) is 3.38. The standard InChI is InChI=1S/C28H34FN3O4S/c1-5-31(6-2)14-7-8-19-16-20(29)9-12-25(19)37-30-23-11-10-22-21-13-15-36-24(21)17-32(18(3)33)27(22)26(23)28(34)35-4/h7-12,16,21,24,30H,5-6,13-15,17H2,1-4H3/b8-7-. The van der Waals surface area contributed by atoms with Gasteiger partial charge in [0.05, 0.1) is 31.1 Å². The number of carbonyl (C=O) groups excluding carboxylic acids is 2. The number of nitrogens with zero attached hydrogens (tertiary/aromatic N) is 2. The molecule has 9 heteroatoms. The van der Waals surface area contributed by atoms with Crippen molar-refractivity contribution in [1.82, 2.24) is 4.90 Å². The van der Waals surface area contributed by atoms with E-state index in [1.54, 1.807) is 11.0 Å². The van der Waals surface area contributed by atoms with Crippen molar-refractivity contribution in [2.45, 2.75) is 44.1 Å². The molecule has 2 unspecified atom stereocenters. The van der Waals surface area contributed by atoms with Crippen molar-refractivity contribution in [2.24, 2.45) is 0 Å². The zero-order valence-corrected chi connectivity index (χ0v) is 22.6. The molecule has 1 fully saturated rings. The summed E-state index contributed by atoms with van der Waals surface area (Å²) >= 11 is 1.28. The van der Waals surface area contributed by atoms with Gasteiger partial charge in [-0.3, -0.25) is 4.79 Å². The maximum absolute atomic E-state index is 14.1. The van der Waals surface area contributed by atoms with Crippen LogP contribution in [0.2, 0.25) is 0 Å². The lowest BCUT2D eigenvalue weighted by Crippen LogP contribution is -2.43. The fraction of sp³-hybridized carbons (Fsp3) is 0.429. The van der Waals surface area contributed by atoms with Crippen LogP contribution < -0.4 is 9.62 Å². The van der Waals surface area contributed by atoms with E-state index < -0.39 is 5.97 Å². The number of esters is 1. The van der Waals surface area contributed by atoms with Gasteiger partial charge in [-0.2, -0.15) is 0 Å². The van der Waals surface area contributed by atoms with Gasteiger partial charge in [0.25, 0.3) is 0 Å². The molecule has 2 aliphatic rings. The zero-order valence-electron chi connectivity index (χ0n) is 21.8. The Morgan fingerprint density at radius 1 is 1.27 bits per heavy atom. The third kappa shape index (κ3) is 5.84. The van der Waals surface area contributed by atoms with Crippen molar-refractivity contribution in [1.29, 1.82) is 0 Å². The number of hydrogen-bond acceptors (Lipinski definition) is 7. The number of halogens is 1. The molecular formula is C28H34FN3O4S. The number of nitrogens with one attached hydrogen (secondary N) is 1. The van der Waals surface area contributed by atoms with Crippen molar-refractivity contribution in [3.05, 3.63) is 58.9 Å². The Balaban J connectivity index is 1.67. The molecule has 0 aromatic heterocycles. The van der Waals surface area contributed by atoms with Crippen LogP contribution in [0, 0.1) is 5.82 Å². The predicted octanol–water partition coefficient (Wildman–Crippen LogP) is 5.33. The fourth-order valence-electron chi connectivity index (χ4n) is 5.00. The number of anilines is 2. The number of ether oxygens (including phenoxy) is 2. The van der Waals surface area contributed by atoms with Gasteiger partial charge in [0.2, 0.25) is 5.91 Å². The predicted molar refractivity (Wildman–Crippen MR) is 146 cm³/mol. The highest BCUT2D eigenvalue weighted by atomic mass is 32.2. The van der Waals surface area contributed by atoms with E-state index >= 15 is 0 Å². The highest BCUT2D eigenvalue weighted by Gasteiger charge is 2.41. The largest absolute Gasteiger partial charge is 0.465 e. The molecule has 0 spiro atoms. The van der Waals surface area contributed by atoms with Crippen LogP contribution in [0.5, 0.6) is 0 Å². The molecule has 1 saturated heterocycles. The first kappa shape index (κ1) is 27.2. The van der Waals surface area contributed by atoms with E-state index in [-0.39, 0.29) is 23.7 Å². The molecule has 0 bridgehead atoms. The van der Waals surface area contributed by atoms with E-state index in [1.807, 2.05) is 24.3 Å². The molecule has 198 valence electrons. The summed E-state index contributed by atoms with van der Waals surface area (Å²) in [6.07, 6.45) is 4.69. The molecule has 0 aliphatic carbocycles. The topological polar surface area (TPSA) is 71.1 Å². The Morgan fingerprint density at radius 3 is 2.76 bits per heavy atom. The van der Waals surface area contributed by atoms with Crippen molar-refractivity contribution < 1.29 is 23.5 Å². The molecule has 1 N–H and O–H groups in total. The summed E-state index contributed by atoms with van der Waals surface area (Å²) in [4.78, 5) is 30.3. The minimum Gasteiger partial charge on any atom is -0.465 e. The first-order chi connectivity index (χ1) is 17.9. The summed E-state index contributed by atoms with van der Waals surface area (Å²) < 4.78 is 28.4. The van der Waals surface area contributed by atoms with Crippen LogP contribution in [0.15, 0.2) is 41.3 Å². The Bertz CT molecular complexity index is 1180. The molecule has 2 aliphatic heterocycles. The van der Waals surface area contributed by atoms with E-state index in [1.165, 1.54) is 38.1 Å². The summed E-state index contributed by atoms with van der Waals surface area (Å²) in [5, 5.41) is 0. The molecule has 2 atom stereocenters. The lowest BCUT2D eigenvalue weighted by Gasteiger charge is -2.37. The molecule has 37 heavy (non-hydrogen) atoms. The highest BCUT2D eigenvalue weighted by molar-refractivity contribution is 8.00. The van der Waals surface area contributed by atoms with Gasteiger partial charge in [0, 0.05) is 30.9 Å². The molecular weight excluding hydrogens is 493 g/mol. The third-order valence-electron chi connectivity index (χ3n) is 7.02. The minimum absolute atomic E-state index is 0.0833. The third-order valence-corrected chi connectivity index (χ3v) is 7.93. The first-order valence-corrected chi connectivity index (χ1v) is 13.5. The summed E-state index contributed by atoms with van der Waals surface area (Å²) in [7, 11) is 1.33. The Hall–Kier alpha value is -2.88. The first-order valence-electron chi connectivity index (χ1n) is 12.6. The number of carbonyl (C=O) groups is 2. The van der Waals surface area contributed by atoms with Crippen LogP contribution in [-0.4, -0.2) is 62.8 Å². The van der Waals surface area contributed by atoms with Gasteiger partial charge in [-0.1, -0.05) is 32.1 Å². The highest BCUT2D eigenvalue weighted by Crippen LogP contribution is 2.46. The molecule has 1 amide bonds. The van der Waals surface area contributed by atoms with Crippen molar-refractivity contribution in [2.75, 3.05) is 49.5 Å². The van der Waals surface area contributed by atoms with Crippen LogP contribution in [0.3, 0.4) is 0 Å². The second-order valence-corrected chi connectivity index (χ2v) is 9.97. The molecule has 2 aromatic rings. The summed E-state index contributed by atoms with van der Waals surface area (Å²) in [6, 6.07) is 8.42. The lowest BCUT2D eigenvalue weighted by molar-refractivity contribution is -0.117. The van der Waals surface area contributed by atoms with E-state index in [0.717, 1.165) is 42.1 Å². The number of fused-ring (bicyclic) bond motifs is 3. The smallest absolute Gasteiger partial charge is 0.342 e. The number of likely N-dealkylation sites (N-methyl/N-ethyl adjacent to an activating group) is 1. The SMILES string of the molecule is CCN(CC)C/C=C\c1cc(F)ccc1SNc1ccc2c(c1C(=O)OC)N(C(C)=O)CC1OCCC21. The molecule has 0 saturated carbocycles. The van der Waals surface area contributed by atoms with E-state index in [9.17, 15) is 14.0 Å². The van der Waals surface area contributed by atoms with Gasteiger partial charge in [0.15, 0.2) is 0 Å². The van der Waals surface area contributed by atoms with Crippen LogP contribution in [0.4, 0.5) is 15.8 Å². The van der Waals surface area contributed by atoms with Crippen molar-refractivity contribution >= 4 is 41.3 Å². The van der Waals surface area contributed by atoms with Crippen LogP contribution in [0.25, 0.3) is 6.08 Å². The maximum atomic E-state index is 14.1. The van der Waals surface area contributed by atoms with Gasteiger partial charge < -0.3 is 24.0 Å². The minimum atomic E-state index is -0.526. The lowest BCUT2D eigenvalue weighted by atomic mass is 9.85. The van der Waals surface area contributed by atoms with Crippen molar-refractivity contribution in [3.63, 3.8) is 0 Å². The fourth-order valence-corrected chi connectivity index (χ4v) is 5.77. The normalized spacial score (nSPS) is 18.7. The Labute approximate surface area is 222 Å². The zero-order chi connectivity index (χ0) is 26.5. The molecule has 0 radical (unpaired) electrons. The summed E-state index contributed by atoms with van der Waals surface area (Å²) in [5.41, 5.74) is 3.07. The Morgan fingerprint density at radius 2 is 2.05 bits per heavy atom. The molecule has 2 aromatic carbocycles. The number of methoxy groups -OCH3 is 1. The summed E-state index contributed by atoms with van der Waals surface area (Å²) in [5.74, 6) is -0.886. The maximum Gasteiger partial charge on any atom is 0.342 e. The van der Waals surface area contributed by atoms with E-state index in [0.29, 0.717) is 30.1 Å². The number of hydrogen-bond donors (Lipinski definition) is 1. The van der Waals surface area contributed by atoms with Crippen LogP contribution in [-0.2, 0) is 14.3 Å². The van der Waals surface area contributed by atoms with Gasteiger partial charge in [-0.25, -0.2) is 9.18 Å². The van der Waals surface area contributed by atoms with Gasteiger partial charge in [0.1, 0.15) is 11.4 Å². The number of amides is 1. The average molecular weight is 528 g/mol. The van der Waals surface area contributed by atoms with E-state index in [4.69, 9.17) is 9.47 Å². The quantitative estimate of drug-likeness (QED) is 0.349. The van der Waals surface area contributed by atoms with Gasteiger partial charge in [-0.05, 0) is 66.9 Å². The summed E-state index contributed by atoms with van der Waals surface area (Å²) in [6.45, 7) is 9.37. The second kappa shape index (κ2) is 12.1. The number of benzene rings is 2. The Kier molecular flexibility index (Phi) is 8.89. The second-order valence-electron chi connectivity index (χ2n) is 9.13. The monoisotopic (exact) mass is 527 g/mol. The molecule has 2 heterocycles.